The first-order chi connectivity index (χ1) is 15.5. The minimum atomic E-state index is -0.163. The maximum Gasteiger partial charge on any atom is 0.221 e. The fourth-order valence-corrected chi connectivity index (χ4v) is 4.35. The van der Waals surface area contributed by atoms with Gasteiger partial charge in [-0.1, -0.05) is 36.4 Å². The summed E-state index contributed by atoms with van der Waals surface area (Å²) in [5.74, 6) is 0.923. The van der Waals surface area contributed by atoms with E-state index in [9.17, 15) is 9.90 Å². The van der Waals surface area contributed by atoms with Crippen LogP contribution in [0.4, 0.5) is 17.2 Å². The number of nitrogens with zero attached hydrogens (tertiary/aromatic N) is 2. The van der Waals surface area contributed by atoms with Crippen molar-refractivity contribution in [1.82, 2.24) is 4.98 Å². The largest absolute Gasteiger partial charge is 0.507 e. The van der Waals surface area contributed by atoms with E-state index in [1.54, 1.807) is 18.2 Å². The van der Waals surface area contributed by atoms with Gasteiger partial charge in [0.15, 0.2) is 0 Å². The summed E-state index contributed by atoms with van der Waals surface area (Å²) < 4.78 is 0. The lowest BCUT2D eigenvalue weighted by Crippen LogP contribution is -2.20. The Balaban J connectivity index is 0.00000259. The highest BCUT2D eigenvalue weighted by Gasteiger charge is 2.25. The van der Waals surface area contributed by atoms with Crippen LogP contribution in [-0.2, 0) is 17.8 Å². The number of aromatic nitrogens is 1. The highest BCUT2D eigenvalue weighted by Crippen LogP contribution is 2.39. The molecule has 4 N–H and O–H groups in total. The smallest absolute Gasteiger partial charge is 0.221 e. The highest BCUT2D eigenvalue weighted by atomic mass is 35.5. The first-order valence-electron chi connectivity index (χ1n) is 10.6. The van der Waals surface area contributed by atoms with Gasteiger partial charge in [-0.2, -0.15) is 0 Å². The number of hydrogen-bond donors (Lipinski definition) is 3. The average molecular weight is 461 g/mol. The molecule has 3 aromatic carbocycles. The lowest BCUT2D eigenvalue weighted by atomic mass is 9.99. The van der Waals surface area contributed by atoms with Crippen LogP contribution in [0.15, 0.2) is 66.7 Å². The molecule has 0 saturated carbocycles. The number of fused-ring (bicyclic) bond motifs is 2. The van der Waals surface area contributed by atoms with Gasteiger partial charge in [0.1, 0.15) is 11.6 Å². The molecular weight excluding hydrogens is 436 g/mol. The number of hydrogen-bond acceptors (Lipinski definition) is 5. The van der Waals surface area contributed by atoms with Gasteiger partial charge in [0.2, 0.25) is 5.91 Å². The lowest BCUT2D eigenvalue weighted by Gasteiger charge is -2.19. The molecule has 2 heterocycles. The number of halogens is 1. The van der Waals surface area contributed by atoms with Gasteiger partial charge in [-0.15, -0.1) is 12.4 Å². The van der Waals surface area contributed by atoms with Crippen molar-refractivity contribution in [2.24, 2.45) is 0 Å². The first-order valence-corrected chi connectivity index (χ1v) is 10.6. The topological polar surface area (TPSA) is 91.5 Å². The quantitative estimate of drug-likeness (QED) is 0.367. The van der Waals surface area contributed by atoms with Crippen molar-refractivity contribution < 1.29 is 9.90 Å². The van der Waals surface area contributed by atoms with Crippen LogP contribution in [0.25, 0.3) is 22.0 Å². The number of carbonyl (C=O) groups excluding carboxylic acids is 1. The van der Waals surface area contributed by atoms with E-state index in [4.69, 9.17) is 10.7 Å². The van der Waals surface area contributed by atoms with Gasteiger partial charge in [0, 0.05) is 47.9 Å². The fraction of sp³-hybridized carbons (Fsp3) is 0.154. The Morgan fingerprint density at radius 3 is 2.67 bits per heavy atom. The molecule has 0 unspecified atom stereocenters. The Kier molecular flexibility index (Phi) is 6.11. The normalized spacial score (nSPS) is 12.3. The number of pyridine rings is 1. The second-order valence-corrected chi connectivity index (χ2v) is 8.13. The third kappa shape index (κ3) is 4.30. The Morgan fingerprint density at radius 1 is 1.12 bits per heavy atom. The molecule has 1 amide bonds. The molecular formula is C26H25ClN4O2. The van der Waals surface area contributed by atoms with Crippen molar-refractivity contribution >= 4 is 46.4 Å². The van der Waals surface area contributed by atoms with E-state index in [1.165, 1.54) is 12.5 Å². The molecule has 7 heteroatoms. The van der Waals surface area contributed by atoms with Crippen LogP contribution in [-0.4, -0.2) is 22.5 Å². The standard InChI is InChI=1S/C26H24N4O2.ClH/c1-16(31)28-19-8-10-24(32)21(14-19)18-7-9-23-22(13-18)25(27)20-11-12-30(26(20)29-23)15-17-5-3-2-4-6-17;/h2-10,13-14,32H,11-12,15H2,1H3,(H2,27,29)(H,28,31);1H. The molecule has 1 aliphatic rings. The van der Waals surface area contributed by atoms with Crippen molar-refractivity contribution in [3.8, 4) is 16.9 Å². The van der Waals surface area contributed by atoms with E-state index in [1.807, 2.05) is 36.4 Å². The van der Waals surface area contributed by atoms with E-state index < -0.39 is 0 Å². The van der Waals surface area contributed by atoms with Crippen LogP contribution in [0, 0.1) is 0 Å². The van der Waals surface area contributed by atoms with Crippen LogP contribution in [0.5, 0.6) is 5.75 Å². The predicted molar refractivity (Wildman–Crippen MR) is 136 cm³/mol. The van der Waals surface area contributed by atoms with Gasteiger partial charge in [0.05, 0.1) is 5.52 Å². The van der Waals surface area contributed by atoms with Crippen LogP contribution in [0.2, 0.25) is 0 Å². The van der Waals surface area contributed by atoms with Crippen LogP contribution in [0.1, 0.15) is 18.1 Å². The summed E-state index contributed by atoms with van der Waals surface area (Å²) in [6.45, 7) is 3.13. The van der Waals surface area contributed by atoms with Crippen molar-refractivity contribution in [1.29, 1.82) is 0 Å². The third-order valence-electron chi connectivity index (χ3n) is 5.88. The molecule has 0 aliphatic carbocycles. The summed E-state index contributed by atoms with van der Waals surface area (Å²) in [4.78, 5) is 18.6. The van der Waals surface area contributed by atoms with Gasteiger partial charge in [0.25, 0.3) is 0 Å². The van der Waals surface area contributed by atoms with Gasteiger partial charge in [-0.25, -0.2) is 4.98 Å². The molecule has 0 radical (unpaired) electrons. The van der Waals surface area contributed by atoms with Crippen LogP contribution in [0.3, 0.4) is 0 Å². The molecule has 1 aliphatic heterocycles. The molecule has 0 atom stereocenters. The zero-order valence-electron chi connectivity index (χ0n) is 18.2. The van der Waals surface area contributed by atoms with Crippen molar-refractivity contribution in [2.75, 3.05) is 22.5 Å². The number of nitrogen functional groups attached to an aromatic ring is 1. The Morgan fingerprint density at radius 2 is 1.91 bits per heavy atom. The number of carbonyl (C=O) groups is 1. The molecule has 0 saturated heterocycles. The number of benzene rings is 3. The summed E-state index contributed by atoms with van der Waals surface area (Å²) in [7, 11) is 0. The number of phenolic OH excluding ortho intramolecular Hbond substituents is 1. The summed E-state index contributed by atoms with van der Waals surface area (Å²) in [5.41, 5.74) is 12.6. The van der Waals surface area contributed by atoms with Gasteiger partial charge >= 0.3 is 0 Å². The Labute approximate surface area is 198 Å². The van der Waals surface area contributed by atoms with E-state index in [-0.39, 0.29) is 24.1 Å². The number of aromatic hydroxyl groups is 1. The van der Waals surface area contributed by atoms with Crippen LogP contribution < -0.4 is 16.0 Å². The minimum Gasteiger partial charge on any atom is -0.507 e. The summed E-state index contributed by atoms with van der Waals surface area (Å²) in [5, 5.41) is 14.1. The molecule has 168 valence electrons. The molecule has 6 nitrogen and oxygen atoms in total. The zero-order chi connectivity index (χ0) is 22.2. The van der Waals surface area contributed by atoms with Gasteiger partial charge < -0.3 is 21.1 Å². The van der Waals surface area contributed by atoms with Crippen molar-refractivity contribution in [3.05, 3.63) is 77.9 Å². The predicted octanol–water partition coefficient (Wildman–Crippen LogP) is 5.13. The minimum absolute atomic E-state index is 0. The highest BCUT2D eigenvalue weighted by molar-refractivity contribution is 5.98. The summed E-state index contributed by atoms with van der Waals surface area (Å²) in [6.07, 6.45) is 0.852. The molecule has 4 aromatic rings. The first kappa shape index (κ1) is 22.4. The molecule has 0 spiro atoms. The van der Waals surface area contributed by atoms with Gasteiger partial charge in [-0.3, -0.25) is 4.79 Å². The number of nitrogens with one attached hydrogen (secondary N) is 1. The average Bonchev–Trinajstić information content (AvgIpc) is 3.18. The van der Waals surface area contributed by atoms with Crippen molar-refractivity contribution in [2.45, 2.75) is 19.9 Å². The fourth-order valence-electron chi connectivity index (χ4n) is 4.35. The van der Waals surface area contributed by atoms with E-state index in [0.29, 0.717) is 11.3 Å². The number of rotatable bonds is 4. The monoisotopic (exact) mass is 460 g/mol. The van der Waals surface area contributed by atoms with E-state index >= 15 is 0 Å². The molecule has 5 rings (SSSR count). The van der Waals surface area contributed by atoms with E-state index in [0.717, 1.165) is 53.0 Å². The van der Waals surface area contributed by atoms with Gasteiger partial charge in [-0.05, 0) is 47.9 Å². The molecule has 1 aromatic heterocycles. The number of anilines is 3. The van der Waals surface area contributed by atoms with Crippen LogP contribution >= 0.6 is 12.4 Å². The Hall–Kier alpha value is -3.77. The molecule has 33 heavy (non-hydrogen) atoms. The molecule has 0 bridgehead atoms. The number of phenols is 1. The lowest BCUT2D eigenvalue weighted by molar-refractivity contribution is -0.114. The zero-order valence-corrected chi connectivity index (χ0v) is 19.0. The maximum absolute atomic E-state index is 11.4. The number of nitrogens with two attached hydrogens (primary N) is 1. The van der Waals surface area contributed by atoms with Crippen molar-refractivity contribution in [3.63, 3.8) is 0 Å². The number of amides is 1. The Bertz CT molecular complexity index is 1340. The summed E-state index contributed by atoms with van der Waals surface area (Å²) >= 11 is 0. The third-order valence-corrected chi connectivity index (χ3v) is 5.88. The van der Waals surface area contributed by atoms with E-state index in [2.05, 4.69) is 22.3 Å². The SMILES string of the molecule is CC(=O)Nc1ccc(O)c(-c2ccc3nc4c(c(N)c3c2)CCN4Cc2ccccc2)c1.Cl. The second kappa shape index (κ2) is 9.00. The molecule has 0 fully saturated rings. The second-order valence-electron chi connectivity index (χ2n) is 8.13. The maximum atomic E-state index is 11.4. The summed E-state index contributed by atoms with van der Waals surface area (Å²) in [6, 6.07) is 21.2.